The Labute approximate surface area is 292 Å². The second kappa shape index (κ2) is 11.6. The summed E-state index contributed by atoms with van der Waals surface area (Å²) < 4.78 is 3.60. The average Bonchev–Trinajstić information content (AvgIpc) is 3.74. The summed E-state index contributed by atoms with van der Waals surface area (Å²) in [6.07, 6.45) is 0. The molecular formula is C45H28N4S. The monoisotopic (exact) mass is 656 g/mol. The van der Waals surface area contributed by atoms with Gasteiger partial charge in [0, 0.05) is 49.5 Å². The maximum Gasteiger partial charge on any atom is 0.160 e. The number of hydrogen-bond donors (Lipinski definition) is 0. The third-order valence-electron chi connectivity index (χ3n) is 9.41. The molecule has 0 N–H and O–H groups in total. The highest BCUT2D eigenvalue weighted by atomic mass is 32.1. The fraction of sp³-hybridized carbons (Fsp3) is 0. The van der Waals surface area contributed by atoms with Crippen LogP contribution in [0.1, 0.15) is 0 Å². The minimum absolute atomic E-state index is 0.698. The van der Waals surface area contributed by atoms with Crippen LogP contribution in [0.2, 0.25) is 0 Å². The van der Waals surface area contributed by atoms with Crippen LogP contribution in [0.15, 0.2) is 170 Å². The highest BCUT2D eigenvalue weighted by Crippen LogP contribution is 2.48. The van der Waals surface area contributed by atoms with E-state index in [4.69, 9.17) is 15.0 Å². The van der Waals surface area contributed by atoms with E-state index in [9.17, 15) is 0 Å². The Balaban J connectivity index is 1.27. The molecule has 0 aliphatic heterocycles. The molecule has 234 valence electrons. The fourth-order valence-electron chi connectivity index (χ4n) is 7.10. The number of benzene rings is 6. The van der Waals surface area contributed by atoms with Crippen LogP contribution in [0.25, 0.3) is 93.0 Å². The maximum absolute atomic E-state index is 5.44. The summed E-state index contributed by atoms with van der Waals surface area (Å²) in [5, 5.41) is 4.88. The van der Waals surface area contributed by atoms with Crippen molar-refractivity contribution in [1.82, 2.24) is 19.5 Å². The van der Waals surface area contributed by atoms with E-state index in [1.807, 2.05) is 47.7 Å². The molecule has 4 heterocycles. The van der Waals surface area contributed by atoms with Crippen LogP contribution in [0, 0.1) is 0 Å². The molecule has 0 bridgehead atoms. The van der Waals surface area contributed by atoms with E-state index in [2.05, 4.69) is 138 Å². The van der Waals surface area contributed by atoms with Gasteiger partial charge in [0.2, 0.25) is 0 Å². The van der Waals surface area contributed by atoms with E-state index in [-0.39, 0.29) is 0 Å². The van der Waals surface area contributed by atoms with Crippen molar-refractivity contribution < 1.29 is 0 Å². The van der Waals surface area contributed by atoms with Crippen LogP contribution in [0.4, 0.5) is 0 Å². The number of aromatic nitrogens is 4. The van der Waals surface area contributed by atoms with Gasteiger partial charge in [-0.1, -0.05) is 140 Å². The summed E-state index contributed by atoms with van der Waals surface area (Å²) in [4.78, 5) is 16.8. The zero-order valence-electron chi connectivity index (χ0n) is 26.9. The topological polar surface area (TPSA) is 43.6 Å². The summed E-state index contributed by atoms with van der Waals surface area (Å²) in [6, 6.07) is 59.2. The zero-order chi connectivity index (χ0) is 33.0. The third-order valence-corrected chi connectivity index (χ3v) is 10.6. The molecule has 4 nitrogen and oxygen atoms in total. The Hall–Kier alpha value is -6.43. The zero-order valence-corrected chi connectivity index (χ0v) is 27.7. The van der Waals surface area contributed by atoms with Crippen LogP contribution in [-0.2, 0) is 0 Å². The van der Waals surface area contributed by atoms with Gasteiger partial charge >= 0.3 is 0 Å². The van der Waals surface area contributed by atoms with Crippen molar-refractivity contribution in [2.24, 2.45) is 0 Å². The molecule has 6 aromatic carbocycles. The highest BCUT2D eigenvalue weighted by Gasteiger charge is 2.23. The molecule has 0 aliphatic carbocycles. The molecule has 0 amide bonds. The quantitative estimate of drug-likeness (QED) is 0.185. The summed E-state index contributed by atoms with van der Waals surface area (Å²) >= 11 is 1.82. The first-order valence-corrected chi connectivity index (χ1v) is 17.5. The normalized spacial score (nSPS) is 11.6. The van der Waals surface area contributed by atoms with E-state index in [1.165, 1.54) is 31.2 Å². The van der Waals surface area contributed by atoms with Crippen molar-refractivity contribution in [3.63, 3.8) is 0 Å². The minimum atomic E-state index is 0.698. The summed E-state index contributed by atoms with van der Waals surface area (Å²) in [5.74, 6) is 0.698. The largest absolute Gasteiger partial charge is 0.301 e. The predicted octanol–water partition coefficient (Wildman–Crippen LogP) is 12.0. The first-order valence-electron chi connectivity index (χ1n) is 16.7. The highest BCUT2D eigenvalue weighted by molar-refractivity contribution is 7.26. The molecule has 10 aromatic rings. The fourth-order valence-corrected chi connectivity index (χ4v) is 8.48. The SMILES string of the molecule is c1ccc(-c2cc(-c3ccc4c(c3)nc(-c3ccccc3)c3sc5c(c6ccccc6n5-c5ccccc5)c34)nc(-c3ccccc3)n2)cc1. The lowest BCUT2D eigenvalue weighted by Crippen LogP contribution is -1.96. The lowest BCUT2D eigenvalue weighted by atomic mass is 10.0. The molecule has 0 atom stereocenters. The lowest BCUT2D eigenvalue weighted by Gasteiger charge is -2.11. The van der Waals surface area contributed by atoms with Gasteiger partial charge in [-0.3, -0.25) is 0 Å². The van der Waals surface area contributed by atoms with Crippen LogP contribution >= 0.6 is 11.3 Å². The molecule has 5 heteroatoms. The van der Waals surface area contributed by atoms with Gasteiger partial charge in [0.1, 0.15) is 4.83 Å². The minimum Gasteiger partial charge on any atom is -0.301 e. The second-order valence-corrected chi connectivity index (χ2v) is 13.4. The van der Waals surface area contributed by atoms with Gasteiger partial charge in [-0.2, -0.15) is 0 Å². The predicted molar refractivity (Wildman–Crippen MR) is 209 cm³/mol. The Bertz CT molecular complexity index is 2780. The number of rotatable bonds is 5. The third kappa shape index (κ3) is 4.63. The van der Waals surface area contributed by atoms with E-state index in [0.29, 0.717) is 5.82 Å². The van der Waals surface area contributed by atoms with Gasteiger partial charge in [-0.25, -0.2) is 15.0 Å². The summed E-state index contributed by atoms with van der Waals surface area (Å²) in [6.45, 7) is 0. The number of thiophene rings is 1. The lowest BCUT2D eigenvalue weighted by molar-refractivity contribution is 1.18. The van der Waals surface area contributed by atoms with Crippen LogP contribution in [0.3, 0.4) is 0 Å². The Morgan fingerprint density at radius 2 is 1.04 bits per heavy atom. The van der Waals surface area contributed by atoms with Crippen LogP contribution in [0.5, 0.6) is 0 Å². The maximum atomic E-state index is 5.44. The van der Waals surface area contributed by atoms with Gasteiger partial charge in [-0.05, 0) is 30.3 Å². The summed E-state index contributed by atoms with van der Waals surface area (Å²) in [5.41, 5.74) is 10.2. The van der Waals surface area contributed by atoms with Gasteiger partial charge in [-0.15, -0.1) is 11.3 Å². The number of para-hydroxylation sites is 2. The second-order valence-electron chi connectivity index (χ2n) is 12.4. The molecule has 0 saturated heterocycles. The van der Waals surface area contributed by atoms with Crippen molar-refractivity contribution in [2.45, 2.75) is 0 Å². The van der Waals surface area contributed by atoms with E-state index in [0.717, 1.165) is 55.9 Å². The van der Waals surface area contributed by atoms with E-state index < -0.39 is 0 Å². The number of hydrogen-bond acceptors (Lipinski definition) is 4. The Morgan fingerprint density at radius 1 is 0.440 bits per heavy atom. The molecule has 50 heavy (non-hydrogen) atoms. The van der Waals surface area contributed by atoms with E-state index >= 15 is 0 Å². The molecule has 0 fully saturated rings. The standard InChI is InChI=1S/C45H28N4S/c1-5-15-29(16-6-1)36-28-37(48-44(47-36)31-19-9-3-10-20-31)32-25-26-34-38(27-32)46-42(30-17-7-2-8-18-30)43-40(34)41-35-23-13-14-24-39(35)49(45(41)50-43)33-21-11-4-12-22-33/h1-28H. The van der Waals surface area contributed by atoms with Crippen molar-refractivity contribution in [1.29, 1.82) is 0 Å². The summed E-state index contributed by atoms with van der Waals surface area (Å²) in [7, 11) is 0. The van der Waals surface area contributed by atoms with Crippen molar-refractivity contribution >= 4 is 53.4 Å². The molecule has 0 radical (unpaired) electrons. The molecule has 0 unspecified atom stereocenters. The number of fused-ring (bicyclic) bond motifs is 7. The first-order chi connectivity index (χ1) is 24.8. The van der Waals surface area contributed by atoms with E-state index in [1.54, 1.807) is 0 Å². The Morgan fingerprint density at radius 3 is 1.76 bits per heavy atom. The average molecular weight is 657 g/mol. The van der Waals surface area contributed by atoms with Crippen LogP contribution in [-0.4, -0.2) is 19.5 Å². The smallest absolute Gasteiger partial charge is 0.160 e. The number of nitrogens with zero attached hydrogens (tertiary/aromatic N) is 4. The number of pyridine rings is 1. The molecule has 0 saturated carbocycles. The van der Waals surface area contributed by atoms with Gasteiger partial charge < -0.3 is 4.57 Å². The van der Waals surface area contributed by atoms with Crippen molar-refractivity contribution in [3.8, 4) is 50.8 Å². The van der Waals surface area contributed by atoms with Gasteiger partial charge in [0.15, 0.2) is 5.82 Å². The van der Waals surface area contributed by atoms with Gasteiger partial charge in [0.25, 0.3) is 0 Å². The molecular weight excluding hydrogens is 629 g/mol. The molecule has 0 spiro atoms. The molecule has 0 aliphatic rings. The Kier molecular flexibility index (Phi) is 6.64. The molecule has 10 rings (SSSR count). The first kappa shape index (κ1) is 28.6. The van der Waals surface area contributed by atoms with Crippen molar-refractivity contribution in [2.75, 3.05) is 0 Å². The molecule has 4 aromatic heterocycles. The van der Waals surface area contributed by atoms with Gasteiger partial charge in [0.05, 0.1) is 32.8 Å². The van der Waals surface area contributed by atoms with Crippen molar-refractivity contribution in [3.05, 3.63) is 170 Å². The van der Waals surface area contributed by atoms with Crippen LogP contribution < -0.4 is 0 Å².